The number of nitrogens with one attached hydrogen (secondary N) is 1. The lowest BCUT2D eigenvalue weighted by molar-refractivity contribution is -0.144. The maximum Gasteiger partial charge on any atom is 0.323 e. The van der Waals surface area contributed by atoms with Crippen molar-refractivity contribution in [2.24, 2.45) is 5.92 Å². The number of nitrogens with zero attached hydrogens (tertiary/aromatic N) is 1. The van der Waals surface area contributed by atoms with Crippen LogP contribution in [0.1, 0.15) is 20.3 Å². The molecular weight excluding hydrogens is 339 g/mol. The number of amides is 1. The topological polar surface area (TPSA) is 104 Å². The van der Waals surface area contributed by atoms with E-state index < -0.39 is 34.3 Å². The van der Waals surface area contributed by atoms with Gasteiger partial charge in [-0.1, -0.05) is 13.8 Å². The van der Waals surface area contributed by atoms with Gasteiger partial charge in [0.05, 0.1) is 4.90 Å². The van der Waals surface area contributed by atoms with Crippen LogP contribution in [0.2, 0.25) is 0 Å². The van der Waals surface area contributed by atoms with Gasteiger partial charge in [-0.3, -0.25) is 9.59 Å². The number of hydrogen-bond acceptors (Lipinski definition) is 4. The van der Waals surface area contributed by atoms with Gasteiger partial charge in [0.15, 0.2) is 0 Å². The maximum absolute atomic E-state index is 12.8. The van der Waals surface area contributed by atoms with Crippen molar-refractivity contribution in [3.8, 4) is 0 Å². The predicted molar refractivity (Wildman–Crippen MR) is 85.3 cm³/mol. The lowest BCUT2D eigenvalue weighted by Gasteiger charge is -2.22. The quantitative estimate of drug-likeness (QED) is 0.685. The summed E-state index contributed by atoms with van der Waals surface area (Å²) >= 11 is 0. The van der Waals surface area contributed by atoms with Crippen LogP contribution in [0.4, 0.5) is 4.39 Å². The fourth-order valence-electron chi connectivity index (χ4n) is 2.01. The first kappa shape index (κ1) is 20.0. The minimum Gasteiger partial charge on any atom is -0.480 e. The summed E-state index contributed by atoms with van der Waals surface area (Å²) in [6.07, 6.45) is -0.166. The van der Waals surface area contributed by atoms with Gasteiger partial charge in [0.1, 0.15) is 12.4 Å². The maximum atomic E-state index is 12.8. The Morgan fingerprint density at radius 2 is 1.83 bits per heavy atom. The van der Waals surface area contributed by atoms with Gasteiger partial charge in [-0.15, -0.1) is 0 Å². The Kier molecular flexibility index (Phi) is 7.30. The molecule has 0 heterocycles. The largest absolute Gasteiger partial charge is 0.480 e. The summed E-state index contributed by atoms with van der Waals surface area (Å²) in [5.41, 5.74) is 0. The number of carboxylic acid groups (broad SMARTS) is 1. The molecule has 0 aliphatic heterocycles. The van der Waals surface area contributed by atoms with E-state index in [4.69, 9.17) is 5.11 Å². The lowest BCUT2D eigenvalue weighted by atomic mass is 10.2. The molecule has 134 valence electrons. The van der Waals surface area contributed by atoms with E-state index in [1.54, 1.807) is 0 Å². The van der Waals surface area contributed by atoms with Crippen molar-refractivity contribution in [2.45, 2.75) is 25.2 Å². The van der Waals surface area contributed by atoms with E-state index >= 15 is 0 Å². The third kappa shape index (κ3) is 6.63. The van der Waals surface area contributed by atoms with Crippen LogP contribution in [-0.2, 0) is 19.6 Å². The summed E-state index contributed by atoms with van der Waals surface area (Å²) in [7, 11) is -3.85. The highest BCUT2D eigenvalue weighted by Crippen LogP contribution is 2.09. The SMILES string of the molecule is CC(C)CN(CC(=O)O)C(=O)CCNS(=O)(=O)c1ccc(F)cc1. The number of hydrogen-bond donors (Lipinski definition) is 2. The molecule has 24 heavy (non-hydrogen) atoms. The Hall–Kier alpha value is -2.00. The summed E-state index contributed by atoms with van der Waals surface area (Å²) in [6, 6.07) is 4.29. The second-order valence-electron chi connectivity index (χ2n) is 5.66. The van der Waals surface area contributed by atoms with Gasteiger partial charge >= 0.3 is 5.97 Å². The zero-order chi connectivity index (χ0) is 18.3. The number of benzene rings is 1. The van der Waals surface area contributed by atoms with Crippen LogP contribution in [0.15, 0.2) is 29.2 Å². The van der Waals surface area contributed by atoms with Gasteiger partial charge in [0.2, 0.25) is 15.9 Å². The van der Waals surface area contributed by atoms with Crippen LogP contribution in [0, 0.1) is 11.7 Å². The molecule has 7 nitrogen and oxygen atoms in total. The molecular formula is C15H21FN2O5S. The second kappa shape index (κ2) is 8.74. The van der Waals surface area contributed by atoms with Gasteiger partial charge in [0.25, 0.3) is 0 Å². The first-order valence-electron chi connectivity index (χ1n) is 7.36. The first-order valence-corrected chi connectivity index (χ1v) is 8.85. The number of halogens is 1. The van der Waals surface area contributed by atoms with E-state index in [1.165, 1.54) is 4.90 Å². The Bertz CT molecular complexity index is 674. The molecule has 1 rings (SSSR count). The van der Waals surface area contributed by atoms with Gasteiger partial charge in [-0.2, -0.15) is 0 Å². The van der Waals surface area contributed by atoms with E-state index in [0.717, 1.165) is 24.3 Å². The van der Waals surface area contributed by atoms with E-state index in [9.17, 15) is 22.4 Å². The van der Waals surface area contributed by atoms with Crippen molar-refractivity contribution in [3.05, 3.63) is 30.1 Å². The monoisotopic (exact) mass is 360 g/mol. The molecule has 0 aliphatic carbocycles. The van der Waals surface area contributed by atoms with Crippen LogP contribution in [0.3, 0.4) is 0 Å². The molecule has 0 saturated carbocycles. The molecule has 0 atom stereocenters. The van der Waals surface area contributed by atoms with Crippen molar-refractivity contribution in [1.82, 2.24) is 9.62 Å². The molecule has 0 saturated heterocycles. The van der Waals surface area contributed by atoms with Crippen molar-refractivity contribution in [2.75, 3.05) is 19.6 Å². The smallest absolute Gasteiger partial charge is 0.323 e. The fraction of sp³-hybridized carbons (Fsp3) is 0.467. The van der Waals surface area contributed by atoms with Gasteiger partial charge in [0, 0.05) is 19.5 Å². The third-order valence-electron chi connectivity index (χ3n) is 3.02. The van der Waals surface area contributed by atoms with Crippen molar-refractivity contribution >= 4 is 21.9 Å². The molecule has 1 aromatic carbocycles. The molecule has 0 bridgehead atoms. The number of sulfonamides is 1. The summed E-state index contributed by atoms with van der Waals surface area (Å²) in [5.74, 6) is -2.05. The van der Waals surface area contributed by atoms with Gasteiger partial charge in [-0.05, 0) is 30.2 Å². The summed E-state index contributed by atoms with van der Waals surface area (Å²) in [4.78, 5) is 23.9. The summed E-state index contributed by atoms with van der Waals surface area (Å²) in [5, 5.41) is 8.84. The average molecular weight is 360 g/mol. The van der Waals surface area contributed by atoms with E-state index in [-0.39, 0.29) is 30.3 Å². The van der Waals surface area contributed by atoms with E-state index in [1.807, 2.05) is 13.8 Å². The van der Waals surface area contributed by atoms with Crippen LogP contribution in [0.5, 0.6) is 0 Å². The number of carbonyl (C=O) groups excluding carboxylic acids is 1. The Balaban J connectivity index is 2.62. The molecule has 1 amide bonds. The van der Waals surface area contributed by atoms with Gasteiger partial charge < -0.3 is 10.0 Å². The number of aliphatic carboxylic acids is 1. The zero-order valence-corrected chi connectivity index (χ0v) is 14.3. The Morgan fingerprint density at radius 1 is 1.25 bits per heavy atom. The third-order valence-corrected chi connectivity index (χ3v) is 4.50. The number of carbonyl (C=O) groups is 2. The zero-order valence-electron chi connectivity index (χ0n) is 13.5. The first-order chi connectivity index (χ1) is 11.1. The van der Waals surface area contributed by atoms with Crippen molar-refractivity contribution in [3.63, 3.8) is 0 Å². The van der Waals surface area contributed by atoms with Crippen LogP contribution in [-0.4, -0.2) is 49.9 Å². The highest BCUT2D eigenvalue weighted by Gasteiger charge is 2.19. The Labute approximate surface area is 140 Å². The normalized spacial score (nSPS) is 11.5. The molecule has 0 spiro atoms. The van der Waals surface area contributed by atoms with Crippen molar-refractivity contribution < 1.29 is 27.5 Å². The summed E-state index contributed by atoms with van der Waals surface area (Å²) in [6.45, 7) is 3.36. The molecule has 1 aromatic rings. The molecule has 0 radical (unpaired) electrons. The number of rotatable bonds is 9. The van der Waals surface area contributed by atoms with Crippen molar-refractivity contribution in [1.29, 1.82) is 0 Å². The summed E-state index contributed by atoms with van der Waals surface area (Å²) < 4.78 is 39.1. The highest BCUT2D eigenvalue weighted by molar-refractivity contribution is 7.89. The molecule has 2 N–H and O–H groups in total. The van der Waals surface area contributed by atoms with Crippen LogP contribution < -0.4 is 4.72 Å². The minimum absolute atomic E-state index is 0.0872. The molecule has 0 unspecified atom stereocenters. The van der Waals surface area contributed by atoms with Gasteiger partial charge in [-0.25, -0.2) is 17.5 Å². The molecule has 9 heteroatoms. The van der Waals surface area contributed by atoms with Crippen LogP contribution in [0.25, 0.3) is 0 Å². The predicted octanol–water partition coefficient (Wildman–Crippen LogP) is 1.06. The van der Waals surface area contributed by atoms with E-state index in [0.29, 0.717) is 0 Å². The molecule has 0 aliphatic rings. The van der Waals surface area contributed by atoms with Crippen LogP contribution >= 0.6 is 0 Å². The Morgan fingerprint density at radius 3 is 2.33 bits per heavy atom. The van der Waals surface area contributed by atoms with E-state index in [2.05, 4.69) is 4.72 Å². The minimum atomic E-state index is -3.85. The second-order valence-corrected chi connectivity index (χ2v) is 7.43. The standard InChI is InChI=1S/C15H21FN2O5S/c1-11(2)9-18(10-15(20)21)14(19)7-8-17-24(22,23)13-5-3-12(16)4-6-13/h3-6,11,17H,7-10H2,1-2H3,(H,20,21). The highest BCUT2D eigenvalue weighted by atomic mass is 32.2. The fourth-order valence-corrected chi connectivity index (χ4v) is 3.04. The average Bonchev–Trinajstić information content (AvgIpc) is 2.45. The molecule has 0 aromatic heterocycles. The molecule has 0 fully saturated rings. The lowest BCUT2D eigenvalue weighted by Crippen LogP contribution is -2.39. The number of carboxylic acids is 1.